The van der Waals surface area contributed by atoms with Gasteiger partial charge >= 0.3 is 0 Å². The van der Waals surface area contributed by atoms with Crippen LogP contribution >= 0.6 is 23.5 Å². The standard InChI is InChI=1S/C6H5FS2/c7-6-4(9-6)2-1-3-5(6)8-3/h1-5H. The van der Waals surface area contributed by atoms with E-state index in [4.69, 9.17) is 0 Å². The Morgan fingerprint density at radius 2 is 2.33 bits per heavy atom. The molecule has 0 bridgehead atoms. The summed E-state index contributed by atoms with van der Waals surface area (Å²) in [4.78, 5) is 0. The molecule has 0 aromatic carbocycles. The second-order valence-corrected chi connectivity index (χ2v) is 5.34. The van der Waals surface area contributed by atoms with E-state index < -0.39 is 5.00 Å². The van der Waals surface area contributed by atoms with Crippen molar-refractivity contribution in [3.05, 3.63) is 12.2 Å². The van der Waals surface area contributed by atoms with Crippen molar-refractivity contribution in [2.75, 3.05) is 0 Å². The van der Waals surface area contributed by atoms with Crippen LogP contribution in [0.3, 0.4) is 0 Å². The predicted molar refractivity (Wildman–Crippen MR) is 39.5 cm³/mol. The predicted octanol–water partition coefficient (Wildman–Crippen LogP) is 1.82. The summed E-state index contributed by atoms with van der Waals surface area (Å²) in [6, 6.07) is 0. The summed E-state index contributed by atoms with van der Waals surface area (Å²) in [5.74, 6) is 0. The molecule has 0 aromatic rings. The van der Waals surface area contributed by atoms with Crippen LogP contribution < -0.4 is 0 Å². The first kappa shape index (κ1) is 5.08. The van der Waals surface area contributed by atoms with E-state index in [0.29, 0.717) is 10.5 Å². The molecule has 2 fully saturated rings. The zero-order valence-corrected chi connectivity index (χ0v) is 6.21. The molecule has 1 aliphatic carbocycles. The molecule has 0 saturated carbocycles. The van der Waals surface area contributed by atoms with E-state index in [1.807, 2.05) is 6.08 Å². The lowest BCUT2D eigenvalue weighted by molar-refractivity contribution is 0.344. The minimum atomic E-state index is -0.829. The Kier molecular flexibility index (Phi) is 0.684. The first-order valence-electron chi connectivity index (χ1n) is 3.01. The lowest BCUT2D eigenvalue weighted by Gasteiger charge is -2.01. The van der Waals surface area contributed by atoms with Crippen molar-refractivity contribution < 1.29 is 4.39 Å². The average Bonchev–Trinajstić information content (AvgIpc) is 2.52. The third-order valence-electron chi connectivity index (χ3n) is 2.03. The fourth-order valence-electron chi connectivity index (χ4n) is 1.36. The molecule has 3 aliphatic rings. The molecule has 3 heteroatoms. The van der Waals surface area contributed by atoms with Crippen molar-refractivity contribution in [3.8, 4) is 0 Å². The Hall–Kier alpha value is 0.370. The van der Waals surface area contributed by atoms with Gasteiger partial charge in [-0.3, -0.25) is 0 Å². The van der Waals surface area contributed by atoms with Gasteiger partial charge in [-0.05, 0) is 0 Å². The van der Waals surface area contributed by atoms with E-state index in [0.717, 1.165) is 0 Å². The van der Waals surface area contributed by atoms with Crippen molar-refractivity contribution in [1.82, 2.24) is 0 Å². The van der Waals surface area contributed by atoms with Crippen LogP contribution in [-0.2, 0) is 0 Å². The largest absolute Gasteiger partial charge is 0.229 e. The highest BCUT2D eigenvalue weighted by atomic mass is 32.2. The van der Waals surface area contributed by atoms with Crippen LogP contribution in [0.25, 0.3) is 0 Å². The number of hydrogen-bond donors (Lipinski definition) is 0. The molecule has 4 unspecified atom stereocenters. The molecule has 2 heterocycles. The van der Waals surface area contributed by atoms with E-state index in [1.54, 1.807) is 11.8 Å². The molecule has 0 amide bonds. The molecule has 3 rings (SSSR count). The van der Waals surface area contributed by atoms with Gasteiger partial charge < -0.3 is 0 Å². The third kappa shape index (κ3) is 0.488. The minimum absolute atomic E-state index is 0.216. The zero-order valence-electron chi connectivity index (χ0n) is 4.58. The van der Waals surface area contributed by atoms with Crippen LogP contribution in [0, 0.1) is 0 Å². The number of hydrogen-bond acceptors (Lipinski definition) is 2. The Balaban J connectivity index is 2.06. The average molecular weight is 160 g/mol. The highest BCUT2D eigenvalue weighted by Crippen LogP contribution is 2.71. The number of alkyl halides is 1. The second kappa shape index (κ2) is 1.21. The Labute approximate surface area is 61.3 Å². The molecule has 0 nitrogen and oxygen atoms in total. The maximum Gasteiger partial charge on any atom is 0.185 e. The van der Waals surface area contributed by atoms with Gasteiger partial charge in [0.15, 0.2) is 5.00 Å². The van der Waals surface area contributed by atoms with Gasteiger partial charge in [-0.1, -0.05) is 12.2 Å². The molecule has 0 spiro atoms. The van der Waals surface area contributed by atoms with Crippen molar-refractivity contribution in [1.29, 1.82) is 0 Å². The smallest absolute Gasteiger partial charge is 0.185 e. The van der Waals surface area contributed by atoms with Crippen molar-refractivity contribution >= 4 is 23.5 Å². The number of thioether (sulfide) groups is 2. The van der Waals surface area contributed by atoms with Gasteiger partial charge in [-0.25, -0.2) is 4.39 Å². The van der Waals surface area contributed by atoms with Crippen LogP contribution in [0.2, 0.25) is 0 Å². The molecule has 0 N–H and O–H groups in total. The van der Waals surface area contributed by atoms with E-state index in [9.17, 15) is 4.39 Å². The Morgan fingerprint density at radius 1 is 1.44 bits per heavy atom. The van der Waals surface area contributed by atoms with Crippen molar-refractivity contribution in [3.63, 3.8) is 0 Å². The van der Waals surface area contributed by atoms with Crippen LogP contribution in [0.5, 0.6) is 0 Å². The Morgan fingerprint density at radius 3 is 3.11 bits per heavy atom. The lowest BCUT2D eigenvalue weighted by atomic mass is 10.1. The minimum Gasteiger partial charge on any atom is -0.229 e. The molecular weight excluding hydrogens is 155 g/mol. The normalized spacial score (nSPS) is 66.6. The summed E-state index contributed by atoms with van der Waals surface area (Å²) in [5.41, 5.74) is 0. The zero-order chi connectivity index (χ0) is 6.06. The highest BCUT2D eigenvalue weighted by molar-refractivity contribution is 8.13. The highest BCUT2D eigenvalue weighted by Gasteiger charge is 2.70. The van der Waals surface area contributed by atoms with Gasteiger partial charge in [-0.2, -0.15) is 0 Å². The van der Waals surface area contributed by atoms with Gasteiger partial charge in [0.1, 0.15) is 0 Å². The van der Waals surface area contributed by atoms with Crippen LogP contribution in [0.1, 0.15) is 0 Å². The van der Waals surface area contributed by atoms with Crippen molar-refractivity contribution in [2.45, 2.75) is 20.8 Å². The van der Waals surface area contributed by atoms with E-state index in [1.165, 1.54) is 11.8 Å². The maximum absolute atomic E-state index is 13.3. The summed E-state index contributed by atoms with van der Waals surface area (Å²) in [6.45, 7) is 0. The maximum atomic E-state index is 13.3. The molecule has 2 aliphatic heterocycles. The molecule has 9 heavy (non-hydrogen) atoms. The summed E-state index contributed by atoms with van der Waals surface area (Å²) in [6.07, 6.45) is 4.17. The van der Waals surface area contributed by atoms with Crippen LogP contribution in [-0.4, -0.2) is 20.8 Å². The SMILES string of the molecule is FC12SC1C=CC1SC12. The van der Waals surface area contributed by atoms with Crippen LogP contribution in [0.15, 0.2) is 12.2 Å². The third-order valence-corrected chi connectivity index (χ3v) is 4.90. The van der Waals surface area contributed by atoms with E-state index in [2.05, 4.69) is 6.08 Å². The fourth-order valence-corrected chi connectivity index (χ4v) is 3.91. The van der Waals surface area contributed by atoms with E-state index >= 15 is 0 Å². The second-order valence-electron chi connectivity index (χ2n) is 2.64. The van der Waals surface area contributed by atoms with Gasteiger partial charge in [-0.15, -0.1) is 23.5 Å². The first-order valence-corrected chi connectivity index (χ1v) is 4.83. The van der Waals surface area contributed by atoms with Gasteiger partial charge in [0.05, 0.1) is 10.5 Å². The number of halogens is 1. The molecule has 48 valence electrons. The van der Waals surface area contributed by atoms with E-state index in [-0.39, 0.29) is 5.25 Å². The first-order chi connectivity index (χ1) is 4.31. The molecule has 0 aromatic heterocycles. The Bertz CT molecular complexity index is 203. The van der Waals surface area contributed by atoms with Crippen LogP contribution in [0.4, 0.5) is 4.39 Å². The summed E-state index contributed by atoms with van der Waals surface area (Å²) in [7, 11) is 0. The molecule has 0 radical (unpaired) electrons. The molecular formula is C6H5FS2. The molecule has 4 atom stereocenters. The monoisotopic (exact) mass is 160 g/mol. The topological polar surface area (TPSA) is 0 Å². The lowest BCUT2D eigenvalue weighted by Crippen LogP contribution is -2.18. The molecule has 2 saturated heterocycles. The number of fused-ring (bicyclic) bond motifs is 3. The summed E-state index contributed by atoms with van der Waals surface area (Å²) < 4.78 is 13.3. The summed E-state index contributed by atoms with van der Waals surface area (Å²) in [5, 5.41) is 0.233. The van der Waals surface area contributed by atoms with Crippen molar-refractivity contribution in [2.24, 2.45) is 0 Å². The van der Waals surface area contributed by atoms with Gasteiger partial charge in [0, 0.05) is 5.25 Å². The number of rotatable bonds is 0. The summed E-state index contributed by atoms with van der Waals surface area (Å²) >= 11 is 3.24. The quantitative estimate of drug-likeness (QED) is 0.391. The van der Waals surface area contributed by atoms with Gasteiger partial charge in [0.2, 0.25) is 0 Å². The van der Waals surface area contributed by atoms with Gasteiger partial charge in [0.25, 0.3) is 0 Å². The fraction of sp³-hybridized carbons (Fsp3) is 0.667.